The predicted octanol–water partition coefficient (Wildman–Crippen LogP) is 4.60. The Morgan fingerprint density at radius 1 is 1.04 bits per heavy atom. The molecule has 6 heteroatoms. The van der Waals surface area contributed by atoms with Crippen molar-refractivity contribution < 1.29 is 13.9 Å². The Morgan fingerprint density at radius 2 is 1.78 bits per heavy atom. The number of carbonyl (C=O) groups is 1. The molecule has 0 aliphatic rings. The quantitative estimate of drug-likeness (QED) is 0.734. The van der Waals surface area contributed by atoms with Gasteiger partial charge in [-0.2, -0.15) is 0 Å². The highest BCUT2D eigenvalue weighted by atomic mass is 19.1. The second-order valence-corrected chi connectivity index (χ2v) is 7.08. The van der Waals surface area contributed by atoms with Gasteiger partial charge in [0.05, 0.1) is 5.69 Å². The number of hydrogen-bond acceptors (Lipinski definition) is 4. The summed E-state index contributed by atoms with van der Waals surface area (Å²) < 4.78 is 18.9. The van der Waals surface area contributed by atoms with E-state index in [0.717, 1.165) is 5.56 Å². The van der Waals surface area contributed by atoms with Gasteiger partial charge in [0.2, 0.25) is 5.88 Å². The summed E-state index contributed by atoms with van der Waals surface area (Å²) in [7, 11) is 0. The first-order valence-corrected chi connectivity index (χ1v) is 8.49. The van der Waals surface area contributed by atoms with Gasteiger partial charge in [0.1, 0.15) is 17.9 Å². The standard InChI is InChI=1S/C21H20FN3O2/c1-21(2,3)25-20(26)15-5-4-6-17(11-15)27-19-12-18(23-13-24-19)14-7-9-16(22)10-8-14/h4-13H,1-3H3,(H,25,26). The molecule has 27 heavy (non-hydrogen) atoms. The summed E-state index contributed by atoms with van der Waals surface area (Å²) in [5.74, 6) is 0.329. The summed E-state index contributed by atoms with van der Waals surface area (Å²) in [6.07, 6.45) is 1.38. The molecule has 0 saturated carbocycles. The van der Waals surface area contributed by atoms with Crippen molar-refractivity contribution in [1.29, 1.82) is 0 Å². The molecule has 1 aromatic heterocycles. The third kappa shape index (κ3) is 5.10. The molecule has 0 bridgehead atoms. The van der Waals surface area contributed by atoms with Crippen molar-refractivity contribution in [2.75, 3.05) is 0 Å². The van der Waals surface area contributed by atoms with E-state index in [9.17, 15) is 9.18 Å². The number of halogens is 1. The minimum absolute atomic E-state index is 0.178. The molecule has 1 heterocycles. The van der Waals surface area contributed by atoms with Crippen LogP contribution in [0, 0.1) is 5.82 Å². The van der Waals surface area contributed by atoms with Gasteiger partial charge in [0.25, 0.3) is 5.91 Å². The number of benzene rings is 2. The van der Waals surface area contributed by atoms with Crippen molar-refractivity contribution in [2.24, 2.45) is 0 Å². The van der Waals surface area contributed by atoms with E-state index in [-0.39, 0.29) is 17.3 Å². The number of rotatable bonds is 4. The number of ether oxygens (including phenoxy) is 1. The van der Waals surface area contributed by atoms with Crippen LogP contribution >= 0.6 is 0 Å². The normalized spacial score (nSPS) is 11.1. The molecular weight excluding hydrogens is 345 g/mol. The molecule has 0 unspecified atom stereocenters. The Morgan fingerprint density at radius 3 is 2.48 bits per heavy atom. The molecule has 3 rings (SSSR count). The minimum Gasteiger partial charge on any atom is -0.439 e. The molecule has 138 valence electrons. The van der Waals surface area contributed by atoms with Crippen molar-refractivity contribution >= 4 is 5.91 Å². The number of carbonyl (C=O) groups excluding carboxylic acids is 1. The van der Waals surface area contributed by atoms with Crippen LogP contribution in [-0.4, -0.2) is 21.4 Å². The zero-order valence-corrected chi connectivity index (χ0v) is 15.4. The molecule has 0 spiro atoms. The largest absolute Gasteiger partial charge is 0.439 e. The van der Waals surface area contributed by atoms with Crippen molar-refractivity contribution in [1.82, 2.24) is 15.3 Å². The molecule has 0 radical (unpaired) electrons. The summed E-state index contributed by atoms with van der Waals surface area (Å²) in [4.78, 5) is 20.6. The Balaban J connectivity index is 1.80. The van der Waals surface area contributed by atoms with Crippen molar-refractivity contribution in [3.8, 4) is 22.9 Å². The van der Waals surface area contributed by atoms with Crippen LogP contribution in [-0.2, 0) is 0 Å². The molecular formula is C21H20FN3O2. The Labute approximate surface area is 157 Å². The molecule has 2 aromatic carbocycles. The Hall–Kier alpha value is -3.28. The van der Waals surface area contributed by atoms with Crippen LogP contribution in [0.15, 0.2) is 60.9 Å². The fourth-order valence-electron chi connectivity index (χ4n) is 2.41. The lowest BCUT2D eigenvalue weighted by molar-refractivity contribution is 0.0919. The van der Waals surface area contributed by atoms with Gasteiger partial charge in [-0.15, -0.1) is 0 Å². The number of nitrogens with one attached hydrogen (secondary N) is 1. The number of nitrogens with zero attached hydrogens (tertiary/aromatic N) is 2. The SMILES string of the molecule is CC(C)(C)NC(=O)c1cccc(Oc2cc(-c3ccc(F)cc3)ncn2)c1. The second kappa shape index (κ2) is 7.53. The van der Waals surface area contributed by atoms with E-state index >= 15 is 0 Å². The van der Waals surface area contributed by atoms with E-state index in [0.29, 0.717) is 22.9 Å². The minimum atomic E-state index is -0.329. The van der Waals surface area contributed by atoms with Crippen molar-refractivity contribution in [3.05, 3.63) is 72.3 Å². The molecule has 1 N–H and O–H groups in total. The van der Waals surface area contributed by atoms with Gasteiger partial charge in [-0.3, -0.25) is 4.79 Å². The lowest BCUT2D eigenvalue weighted by Crippen LogP contribution is -2.40. The van der Waals surface area contributed by atoms with Gasteiger partial charge in [-0.05, 0) is 63.2 Å². The Kier molecular flexibility index (Phi) is 5.16. The van der Waals surface area contributed by atoms with E-state index in [1.807, 2.05) is 20.8 Å². The number of amides is 1. The first kappa shape index (κ1) is 18.5. The molecule has 0 aliphatic carbocycles. The van der Waals surface area contributed by atoms with E-state index in [1.54, 1.807) is 42.5 Å². The van der Waals surface area contributed by atoms with E-state index in [2.05, 4.69) is 15.3 Å². The highest BCUT2D eigenvalue weighted by Gasteiger charge is 2.15. The maximum absolute atomic E-state index is 13.1. The molecule has 0 saturated heterocycles. The van der Waals surface area contributed by atoms with Gasteiger partial charge < -0.3 is 10.1 Å². The summed E-state index contributed by atoms with van der Waals surface area (Å²) >= 11 is 0. The molecule has 5 nitrogen and oxygen atoms in total. The summed E-state index contributed by atoms with van der Waals surface area (Å²) in [5.41, 5.74) is 1.53. The highest BCUT2D eigenvalue weighted by Crippen LogP contribution is 2.24. The monoisotopic (exact) mass is 365 g/mol. The van der Waals surface area contributed by atoms with Crippen molar-refractivity contribution in [2.45, 2.75) is 26.3 Å². The zero-order valence-electron chi connectivity index (χ0n) is 15.4. The lowest BCUT2D eigenvalue weighted by atomic mass is 10.1. The van der Waals surface area contributed by atoms with E-state index < -0.39 is 0 Å². The van der Waals surface area contributed by atoms with Gasteiger partial charge in [0, 0.05) is 22.7 Å². The average Bonchev–Trinajstić information content (AvgIpc) is 2.61. The van der Waals surface area contributed by atoms with Crippen LogP contribution in [0.5, 0.6) is 11.6 Å². The third-order valence-corrected chi connectivity index (χ3v) is 3.59. The van der Waals surface area contributed by atoms with Gasteiger partial charge in [-0.1, -0.05) is 6.07 Å². The third-order valence-electron chi connectivity index (χ3n) is 3.59. The molecule has 3 aromatic rings. The fourth-order valence-corrected chi connectivity index (χ4v) is 2.41. The molecule has 0 atom stereocenters. The van der Waals surface area contributed by atoms with Crippen molar-refractivity contribution in [3.63, 3.8) is 0 Å². The maximum atomic E-state index is 13.1. The first-order valence-electron chi connectivity index (χ1n) is 8.49. The van der Waals surface area contributed by atoms with Crippen LogP contribution in [0.25, 0.3) is 11.3 Å². The lowest BCUT2D eigenvalue weighted by Gasteiger charge is -2.20. The first-order chi connectivity index (χ1) is 12.8. The second-order valence-electron chi connectivity index (χ2n) is 7.08. The van der Waals surface area contributed by atoms with Crippen LogP contribution in [0.4, 0.5) is 4.39 Å². The van der Waals surface area contributed by atoms with Crippen LogP contribution in [0.3, 0.4) is 0 Å². The molecule has 0 aliphatic heterocycles. The fraction of sp³-hybridized carbons (Fsp3) is 0.190. The molecule has 0 fully saturated rings. The van der Waals surface area contributed by atoms with E-state index in [4.69, 9.17) is 4.74 Å². The van der Waals surface area contributed by atoms with E-state index in [1.165, 1.54) is 18.5 Å². The number of aromatic nitrogens is 2. The topological polar surface area (TPSA) is 64.1 Å². The maximum Gasteiger partial charge on any atom is 0.251 e. The van der Waals surface area contributed by atoms with Gasteiger partial charge in [-0.25, -0.2) is 14.4 Å². The zero-order chi connectivity index (χ0) is 19.4. The van der Waals surface area contributed by atoms with Crippen LogP contribution < -0.4 is 10.1 Å². The summed E-state index contributed by atoms with van der Waals surface area (Å²) in [6, 6.07) is 14.5. The van der Waals surface area contributed by atoms with Gasteiger partial charge in [0.15, 0.2) is 0 Å². The summed E-state index contributed by atoms with van der Waals surface area (Å²) in [5, 5.41) is 2.91. The smallest absolute Gasteiger partial charge is 0.251 e. The highest BCUT2D eigenvalue weighted by molar-refractivity contribution is 5.95. The van der Waals surface area contributed by atoms with Crippen LogP contribution in [0.1, 0.15) is 31.1 Å². The number of hydrogen-bond donors (Lipinski definition) is 1. The van der Waals surface area contributed by atoms with Crippen LogP contribution in [0.2, 0.25) is 0 Å². The summed E-state index contributed by atoms with van der Waals surface area (Å²) in [6.45, 7) is 5.76. The average molecular weight is 365 g/mol. The predicted molar refractivity (Wildman–Crippen MR) is 101 cm³/mol. The molecule has 1 amide bonds. The van der Waals surface area contributed by atoms with Gasteiger partial charge >= 0.3 is 0 Å². The Bertz CT molecular complexity index is 950.